The van der Waals surface area contributed by atoms with Crippen molar-refractivity contribution in [3.05, 3.63) is 12.2 Å². The minimum Gasteiger partial charge on any atom is -0.463 e. The first-order chi connectivity index (χ1) is 5.02. The fourth-order valence-electron chi connectivity index (χ4n) is 0.511. The van der Waals surface area contributed by atoms with Gasteiger partial charge in [0.25, 0.3) is 0 Å². The molecule has 3 heteroatoms. The van der Waals surface area contributed by atoms with Crippen molar-refractivity contribution in [1.82, 2.24) is 0 Å². The second kappa shape index (κ2) is 4.91. The average Bonchev–Trinajstić information content (AvgIpc) is 1.82. The van der Waals surface area contributed by atoms with Crippen LogP contribution in [0.15, 0.2) is 12.2 Å². The zero-order chi connectivity index (χ0) is 8.85. The van der Waals surface area contributed by atoms with Crippen LogP contribution in [0.4, 0.5) is 0 Å². The third-order valence-electron chi connectivity index (χ3n) is 0.932. The van der Waals surface area contributed by atoms with Crippen LogP contribution in [0.1, 0.15) is 20.3 Å². The van der Waals surface area contributed by atoms with Gasteiger partial charge in [-0.3, -0.25) is 4.79 Å². The third kappa shape index (κ3) is 7.06. The highest BCUT2D eigenvalue weighted by Crippen LogP contribution is 1.97. The minimum atomic E-state index is -0.593. The molecule has 0 bridgehead atoms. The number of carbonyl (C=O) groups excluding carboxylic acids is 1. The van der Waals surface area contributed by atoms with E-state index in [9.17, 15) is 4.79 Å². The zero-order valence-electron chi connectivity index (χ0n) is 6.96. The summed E-state index contributed by atoms with van der Waals surface area (Å²) in [5.41, 5.74) is 0.764. The van der Waals surface area contributed by atoms with Gasteiger partial charge in [-0.1, -0.05) is 12.2 Å². The lowest BCUT2D eigenvalue weighted by molar-refractivity contribution is -0.145. The molecule has 11 heavy (non-hydrogen) atoms. The highest BCUT2D eigenvalue weighted by molar-refractivity contribution is 5.72. The standard InChI is InChI=1S/C8H14O3/c1-6(2)4-8(10)11-5-7(3)9/h7,9H,1,4-5H2,2-3H3. The summed E-state index contributed by atoms with van der Waals surface area (Å²) in [4.78, 5) is 10.8. The first-order valence-electron chi connectivity index (χ1n) is 3.50. The summed E-state index contributed by atoms with van der Waals surface area (Å²) in [5, 5.41) is 8.74. The summed E-state index contributed by atoms with van der Waals surface area (Å²) in [5.74, 6) is -0.335. The molecule has 3 nitrogen and oxygen atoms in total. The fraction of sp³-hybridized carbons (Fsp3) is 0.625. The molecule has 0 aliphatic heterocycles. The Labute approximate surface area is 66.7 Å². The Morgan fingerprint density at radius 2 is 2.27 bits per heavy atom. The number of hydrogen-bond donors (Lipinski definition) is 1. The molecule has 0 spiro atoms. The predicted octanol–water partition coefficient (Wildman–Crippen LogP) is 0.877. The molecule has 0 saturated heterocycles. The Balaban J connectivity index is 3.46. The Bertz CT molecular complexity index is 149. The lowest BCUT2D eigenvalue weighted by Crippen LogP contribution is -2.15. The van der Waals surface area contributed by atoms with E-state index in [1.807, 2.05) is 0 Å². The molecule has 1 unspecified atom stereocenters. The first-order valence-corrected chi connectivity index (χ1v) is 3.50. The molecule has 64 valence electrons. The van der Waals surface area contributed by atoms with Crippen LogP contribution in [0.2, 0.25) is 0 Å². The molecule has 1 atom stereocenters. The Kier molecular flexibility index (Phi) is 4.54. The molecule has 0 heterocycles. The number of ether oxygens (including phenoxy) is 1. The van der Waals surface area contributed by atoms with Crippen molar-refractivity contribution >= 4 is 5.97 Å². The summed E-state index contributed by atoms with van der Waals surface area (Å²) in [6.45, 7) is 6.94. The summed E-state index contributed by atoms with van der Waals surface area (Å²) < 4.78 is 4.66. The van der Waals surface area contributed by atoms with E-state index in [2.05, 4.69) is 11.3 Å². The smallest absolute Gasteiger partial charge is 0.309 e. The van der Waals surface area contributed by atoms with Gasteiger partial charge >= 0.3 is 5.97 Å². The molecule has 0 fully saturated rings. The number of hydrogen-bond acceptors (Lipinski definition) is 3. The number of carbonyl (C=O) groups is 1. The van der Waals surface area contributed by atoms with E-state index < -0.39 is 6.10 Å². The van der Waals surface area contributed by atoms with Crippen LogP contribution in [0.25, 0.3) is 0 Å². The second-order valence-electron chi connectivity index (χ2n) is 2.67. The molecule has 0 aliphatic carbocycles. The van der Waals surface area contributed by atoms with Gasteiger partial charge in [-0.25, -0.2) is 0 Å². The summed E-state index contributed by atoms with van der Waals surface area (Å²) in [6, 6.07) is 0. The van der Waals surface area contributed by atoms with Gasteiger partial charge < -0.3 is 9.84 Å². The van der Waals surface area contributed by atoms with Crippen LogP contribution in [-0.2, 0) is 9.53 Å². The fourth-order valence-corrected chi connectivity index (χ4v) is 0.511. The van der Waals surface area contributed by atoms with Crippen molar-refractivity contribution in [3.63, 3.8) is 0 Å². The maximum Gasteiger partial charge on any atom is 0.309 e. The van der Waals surface area contributed by atoms with Crippen molar-refractivity contribution in [2.75, 3.05) is 6.61 Å². The van der Waals surface area contributed by atoms with E-state index in [1.165, 1.54) is 0 Å². The minimum absolute atomic E-state index is 0.0616. The Hall–Kier alpha value is -0.830. The Morgan fingerprint density at radius 1 is 1.73 bits per heavy atom. The largest absolute Gasteiger partial charge is 0.463 e. The van der Waals surface area contributed by atoms with Gasteiger partial charge in [-0.05, 0) is 13.8 Å². The Morgan fingerprint density at radius 3 is 2.64 bits per heavy atom. The monoisotopic (exact) mass is 158 g/mol. The molecule has 0 rings (SSSR count). The second-order valence-corrected chi connectivity index (χ2v) is 2.67. The lowest BCUT2D eigenvalue weighted by atomic mass is 10.2. The SMILES string of the molecule is C=C(C)CC(=O)OCC(C)O. The molecule has 0 amide bonds. The van der Waals surface area contributed by atoms with Crippen LogP contribution in [0.3, 0.4) is 0 Å². The van der Waals surface area contributed by atoms with Crippen molar-refractivity contribution < 1.29 is 14.6 Å². The van der Waals surface area contributed by atoms with Crippen LogP contribution in [0, 0.1) is 0 Å². The summed E-state index contributed by atoms with van der Waals surface area (Å²) in [7, 11) is 0. The van der Waals surface area contributed by atoms with Gasteiger partial charge in [-0.15, -0.1) is 0 Å². The zero-order valence-corrected chi connectivity index (χ0v) is 6.96. The van der Waals surface area contributed by atoms with Crippen molar-refractivity contribution in [3.8, 4) is 0 Å². The molecule has 0 saturated carbocycles. The number of aliphatic hydroxyl groups excluding tert-OH is 1. The molecule has 1 N–H and O–H groups in total. The number of rotatable bonds is 4. The maximum atomic E-state index is 10.8. The van der Waals surface area contributed by atoms with Gasteiger partial charge in [0.2, 0.25) is 0 Å². The van der Waals surface area contributed by atoms with Gasteiger partial charge in [0, 0.05) is 0 Å². The molecule has 0 aliphatic rings. The van der Waals surface area contributed by atoms with E-state index in [-0.39, 0.29) is 19.0 Å². The first kappa shape index (κ1) is 10.2. The molecule has 0 aromatic carbocycles. The molecular formula is C8H14O3. The maximum absolute atomic E-state index is 10.8. The van der Waals surface area contributed by atoms with E-state index in [4.69, 9.17) is 5.11 Å². The highest BCUT2D eigenvalue weighted by Gasteiger charge is 2.03. The van der Waals surface area contributed by atoms with Crippen LogP contribution >= 0.6 is 0 Å². The van der Waals surface area contributed by atoms with E-state index in [1.54, 1.807) is 13.8 Å². The number of esters is 1. The van der Waals surface area contributed by atoms with E-state index in [0.29, 0.717) is 0 Å². The molecule has 0 aromatic heterocycles. The van der Waals surface area contributed by atoms with Gasteiger partial charge in [0.1, 0.15) is 6.61 Å². The predicted molar refractivity (Wildman–Crippen MR) is 42.1 cm³/mol. The van der Waals surface area contributed by atoms with Crippen LogP contribution in [0.5, 0.6) is 0 Å². The summed E-state index contributed by atoms with van der Waals surface area (Å²) >= 11 is 0. The normalized spacial score (nSPS) is 12.3. The molecule has 0 radical (unpaired) electrons. The van der Waals surface area contributed by atoms with Gasteiger partial charge in [0.05, 0.1) is 12.5 Å². The van der Waals surface area contributed by atoms with Crippen LogP contribution in [-0.4, -0.2) is 23.8 Å². The topological polar surface area (TPSA) is 46.5 Å². The molecule has 0 aromatic rings. The van der Waals surface area contributed by atoms with Crippen LogP contribution < -0.4 is 0 Å². The van der Waals surface area contributed by atoms with Gasteiger partial charge in [0.15, 0.2) is 0 Å². The highest BCUT2D eigenvalue weighted by atomic mass is 16.5. The lowest BCUT2D eigenvalue weighted by Gasteiger charge is -2.05. The van der Waals surface area contributed by atoms with E-state index >= 15 is 0 Å². The average molecular weight is 158 g/mol. The van der Waals surface area contributed by atoms with E-state index in [0.717, 1.165) is 5.57 Å². The third-order valence-corrected chi connectivity index (χ3v) is 0.932. The molecular weight excluding hydrogens is 144 g/mol. The van der Waals surface area contributed by atoms with Crippen molar-refractivity contribution in [2.24, 2.45) is 0 Å². The van der Waals surface area contributed by atoms with Gasteiger partial charge in [-0.2, -0.15) is 0 Å². The summed E-state index contributed by atoms with van der Waals surface area (Å²) in [6.07, 6.45) is -0.365. The van der Waals surface area contributed by atoms with Crippen molar-refractivity contribution in [1.29, 1.82) is 0 Å². The quantitative estimate of drug-likeness (QED) is 0.488. The van der Waals surface area contributed by atoms with Crippen molar-refractivity contribution in [2.45, 2.75) is 26.4 Å². The number of aliphatic hydroxyl groups is 1.